The Balaban J connectivity index is 2.08. The van der Waals surface area contributed by atoms with E-state index in [1.807, 2.05) is 0 Å². The highest BCUT2D eigenvalue weighted by molar-refractivity contribution is 7.10. The molecule has 0 aliphatic carbocycles. The first kappa shape index (κ1) is 9.21. The van der Waals surface area contributed by atoms with Gasteiger partial charge in [-0.05, 0) is 30.4 Å². The molecule has 2 rings (SSSR count). The summed E-state index contributed by atoms with van der Waals surface area (Å²) in [6.07, 6.45) is 2.57. The summed E-state index contributed by atoms with van der Waals surface area (Å²) in [7, 11) is 0. The third-order valence-electron chi connectivity index (χ3n) is 2.32. The zero-order valence-electron chi connectivity index (χ0n) is 7.53. The highest BCUT2D eigenvalue weighted by Gasteiger charge is 2.19. The van der Waals surface area contributed by atoms with Crippen LogP contribution in [0, 0.1) is 5.92 Å². The number of halogens is 1. The van der Waals surface area contributed by atoms with Crippen LogP contribution in [0.25, 0.3) is 0 Å². The Labute approximate surface area is 86.9 Å². The summed E-state index contributed by atoms with van der Waals surface area (Å²) >= 11 is 7.07. The van der Waals surface area contributed by atoms with Crippen molar-refractivity contribution in [2.75, 3.05) is 18.0 Å². The SMILES string of the molecule is CC1CCCN(c2nc(Cl)ns2)C1. The van der Waals surface area contributed by atoms with E-state index in [-0.39, 0.29) is 0 Å². The van der Waals surface area contributed by atoms with Crippen molar-refractivity contribution in [2.24, 2.45) is 5.92 Å². The molecular weight excluding hydrogens is 206 g/mol. The van der Waals surface area contributed by atoms with Gasteiger partial charge in [-0.1, -0.05) is 6.92 Å². The predicted molar refractivity (Wildman–Crippen MR) is 55.5 cm³/mol. The van der Waals surface area contributed by atoms with Gasteiger partial charge in [-0.15, -0.1) is 0 Å². The van der Waals surface area contributed by atoms with Crippen molar-refractivity contribution >= 4 is 28.3 Å². The molecular formula is C8H12ClN3S. The topological polar surface area (TPSA) is 29.0 Å². The average molecular weight is 218 g/mol. The molecule has 0 saturated carbocycles. The van der Waals surface area contributed by atoms with E-state index in [0.717, 1.165) is 24.1 Å². The Morgan fingerprint density at radius 3 is 3.08 bits per heavy atom. The molecule has 3 nitrogen and oxygen atoms in total. The minimum Gasteiger partial charge on any atom is -0.347 e. The Bertz CT molecular complexity index is 289. The second kappa shape index (κ2) is 3.80. The van der Waals surface area contributed by atoms with Crippen molar-refractivity contribution in [1.29, 1.82) is 0 Å². The van der Waals surface area contributed by atoms with Crippen molar-refractivity contribution in [2.45, 2.75) is 19.8 Å². The van der Waals surface area contributed by atoms with Crippen LogP contribution in [0.2, 0.25) is 5.28 Å². The molecule has 0 bridgehead atoms. The van der Waals surface area contributed by atoms with Gasteiger partial charge in [0.25, 0.3) is 0 Å². The summed E-state index contributed by atoms with van der Waals surface area (Å²) in [4.78, 5) is 6.44. The predicted octanol–water partition coefficient (Wildman–Crippen LogP) is 2.43. The maximum Gasteiger partial charge on any atom is 0.236 e. The maximum absolute atomic E-state index is 5.68. The molecule has 1 unspecified atom stereocenters. The molecule has 1 aliphatic heterocycles. The zero-order chi connectivity index (χ0) is 9.26. The third-order valence-corrected chi connectivity index (χ3v) is 3.36. The van der Waals surface area contributed by atoms with E-state index < -0.39 is 0 Å². The van der Waals surface area contributed by atoms with Gasteiger partial charge < -0.3 is 4.90 Å². The van der Waals surface area contributed by atoms with E-state index in [1.54, 1.807) is 0 Å². The van der Waals surface area contributed by atoms with Crippen LogP contribution in [0.15, 0.2) is 0 Å². The molecule has 1 saturated heterocycles. The van der Waals surface area contributed by atoms with Crippen LogP contribution in [0.4, 0.5) is 5.13 Å². The van der Waals surface area contributed by atoms with Crippen LogP contribution in [0.5, 0.6) is 0 Å². The zero-order valence-corrected chi connectivity index (χ0v) is 9.11. The van der Waals surface area contributed by atoms with Crippen molar-refractivity contribution in [3.8, 4) is 0 Å². The Hall–Kier alpha value is -0.350. The van der Waals surface area contributed by atoms with Crippen LogP contribution in [0.1, 0.15) is 19.8 Å². The van der Waals surface area contributed by atoms with Crippen molar-refractivity contribution in [1.82, 2.24) is 9.36 Å². The molecule has 1 aliphatic rings. The normalized spacial score (nSPS) is 23.5. The van der Waals surface area contributed by atoms with E-state index in [1.165, 1.54) is 24.4 Å². The average Bonchev–Trinajstić information content (AvgIpc) is 2.52. The molecule has 0 N–H and O–H groups in total. The molecule has 2 heterocycles. The molecule has 1 aromatic heterocycles. The number of anilines is 1. The fourth-order valence-corrected chi connectivity index (χ4v) is 2.53. The van der Waals surface area contributed by atoms with Crippen LogP contribution in [0.3, 0.4) is 0 Å². The summed E-state index contributed by atoms with van der Waals surface area (Å²) < 4.78 is 3.97. The molecule has 1 aromatic rings. The second-order valence-electron chi connectivity index (χ2n) is 3.54. The largest absolute Gasteiger partial charge is 0.347 e. The van der Waals surface area contributed by atoms with E-state index in [0.29, 0.717) is 5.28 Å². The number of hydrogen-bond acceptors (Lipinski definition) is 4. The van der Waals surface area contributed by atoms with Crippen LogP contribution in [-0.2, 0) is 0 Å². The maximum atomic E-state index is 5.68. The fourth-order valence-electron chi connectivity index (χ4n) is 1.69. The monoisotopic (exact) mass is 217 g/mol. The number of piperidine rings is 1. The first-order valence-corrected chi connectivity index (χ1v) is 5.65. The lowest BCUT2D eigenvalue weighted by atomic mass is 10.0. The lowest BCUT2D eigenvalue weighted by Crippen LogP contribution is -2.34. The summed E-state index contributed by atoms with van der Waals surface area (Å²) in [6, 6.07) is 0. The summed E-state index contributed by atoms with van der Waals surface area (Å²) in [5, 5.41) is 1.34. The van der Waals surface area contributed by atoms with Crippen molar-refractivity contribution in [3.05, 3.63) is 5.28 Å². The Morgan fingerprint density at radius 2 is 2.46 bits per heavy atom. The molecule has 13 heavy (non-hydrogen) atoms. The van der Waals surface area contributed by atoms with E-state index in [9.17, 15) is 0 Å². The first-order chi connectivity index (χ1) is 6.25. The summed E-state index contributed by atoms with van der Waals surface area (Å²) in [5.74, 6) is 0.761. The molecule has 0 aromatic carbocycles. The molecule has 0 spiro atoms. The first-order valence-electron chi connectivity index (χ1n) is 4.50. The van der Waals surface area contributed by atoms with Gasteiger partial charge in [-0.2, -0.15) is 9.36 Å². The van der Waals surface area contributed by atoms with Crippen LogP contribution in [-0.4, -0.2) is 22.4 Å². The highest BCUT2D eigenvalue weighted by Crippen LogP contribution is 2.25. The van der Waals surface area contributed by atoms with Gasteiger partial charge in [0.15, 0.2) is 0 Å². The molecule has 1 fully saturated rings. The lowest BCUT2D eigenvalue weighted by Gasteiger charge is -2.29. The molecule has 5 heteroatoms. The smallest absolute Gasteiger partial charge is 0.236 e. The van der Waals surface area contributed by atoms with Gasteiger partial charge in [0.05, 0.1) is 0 Å². The number of nitrogens with zero attached hydrogens (tertiary/aromatic N) is 3. The third kappa shape index (κ3) is 2.11. The van der Waals surface area contributed by atoms with Gasteiger partial charge in [-0.3, -0.25) is 0 Å². The number of hydrogen-bond donors (Lipinski definition) is 0. The number of aromatic nitrogens is 2. The van der Waals surface area contributed by atoms with Crippen LogP contribution < -0.4 is 4.90 Å². The minimum absolute atomic E-state index is 0.373. The van der Waals surface area contributed by atoms with E-state index in [2.05, 4.69) is 21.2 Å². The summed E-state index contributed by atoms with van der Waals surface area (Å²) in [5.41, 5.74) is 0. The number of rotatable bonds is 1. The second-order valence-corrected chi connectivity index (χ2v) is 4.61. The standard InChI is InChI=1S/C8H12ClN3S/c1-6-3-2-4-12(5-6)8-10-7(9)11-13-8/h6H,2-5H2,1H3. The molecule has 72 valence electrons. The fraction of sp³-hybridized carbons (Fsp3) is 0.750. The Morgan fingerprint density at radius 1 is 1.62 bits per heavy atom. The van der Waals surface area contributed by atoms with E-state index >= 15 is 0 Å². The van der Waals surface area contributed by atoms with Crippen molar-refractivity contribution < 1.29 is 0 Å². The van der Waals surface area contributed by atoms with Gasteiger partial charge in [0.2, 0.25) is 10.4 Å². The summed E-state index contributed by atoms with van der Waals surface area (Å²) in [6.45, 7) is 4.45. The molecule has 1 atom stereocenters. The van der Waals surface area contributed by atoms with Gasteiger partial charge in [-0.25, -0.2) is 0 Å². The minimum atomic E-state index is 0.373. The van der Waals surface area contributed by atoms with Gasteiger partial charge in [0.1, 0.15) is 0 Å². The van der Waals surface area contributed by atoms with Gasteiger partial charge >= 0.3 is 0 Å². The quantitative estimate of drug-likeness (QED) is 0.724. The highest BCUT2D eigenvalue weighted by atomic mass is 35.5. The van der Waals surface area contributed by atoms with E-state index in [4.69, 9.17) is 11.6 Å². The molecule has 0 amide bonds. The van der Waals surface area contributed by atoms with Crippen molar-refractivity contribution in [3.63, 3.8) is 0 Å². The molecule has 0 radical (unpaired) electrons. The lowest BCUT2D eigenvalue weighted by molar-refractivity contribution is 0.446. The van der Waals surface area contributed by atoms with Crippen LogP contribution >= 0.6 is 23.1 Å². The van der Waals surface area contributed by atoms with Gasteiger partial charge in [0, 0.05) is 24.6 Å². The Kier molecular flexibility index (Phi) is 2.69.